The smallest absolute Gasteiger partial charge is 0.0986 e. The minimum absolute atomic E-state index is 0.0891. The highest BCUT2D eigenvalue weighted by Gasteiger charge is 2.18. The van der Waals surface area contributed by atoms with E-state index in [9.17, 15) is 0 Å². The van der Waals surface area contributed by atoms with Gasteiger partial charge in [-0.3, -0.25) is 4.68 Å². The summed E-state index contributed by atoms with van der Waals surface area (Å²) < 4.78 is 5.78. The first-order valence-electron chi connectivity index (χ1n) is 5.31. The Balaban J connectivity index is 2.25. The highest BCUT2D eigenvalue weighted by atomic mass is 32.1. The topological polar surface area (TPSA) is 55.6 Å². The van der Waals surface area contributed by atoms with Crippen LogP contribution in [0.4, 0.5) is 0 Å². The average molecular weight is 237 g/mol. The van der Waals surface area contributed by atoms with Crippen molar-refractivity contribution in [2.24, 2.45) is 7.05 Å². The summed E-state index contributed by atoms with van der Waals surface area (Å²) in [4.78, 5) is 0. The van der Waals surface area contributed by atoms with Crippen molar-refractivity contribution in [1.82, 2.24) is 24.7 Å². The average Bonchev–Trinajstić information content (AvgIpc) is 2.91. The number of nitrogens with zero attached hydrogens (tertiary/aromatic N) is 4. The Morgan fingerprint density at radius 1 is 1.56 bits per heavy atom. The van der Waals surface area contributed by atoms with Gasteiger partial charge in [0.2, 0.25) is 0 Å². The van der Waals surface area contributed by atoms with Crippen molar-refractivity contribution >= 4 is 11.5 Å². The molecule has 0 aliphatic carbocycles. The van der Waals surface area contributed by atoms with Crippen LogP contribution in [-0.2, 0) is 7.05 Å². The molecule has 0 fully saturated rings. The predicted octanol–water partition coefficient (Wildman–Crippen LogP) is 1.36. The molecule has 6 heteroatoms. The molecular formula is C10H15N5S. The first-order valence-corrected chi connectivity index (χ1v) is 6.14. The van der Waals surface area contributed by atoms with Crippen molar-refractivity contribution in [3.05, 3.63) is 29.0 Å². The summed E-state index contributed by atoms with van der Waals surface area (Å²) in [5.41, 5.74) is 2.07. The van der Waals surface area contributed by atoms with Crippen LogP contribution in [0.15, 0.2) is 17.6 Å². The fourth-order valence-corrected chi connectivity index (χ4v) is 2.09. The Kier molecular flexibility index (Phi) is 3.63. The molecule has 0 saturated heterocycles. The fraction of sp³-hybridized carbons (Fsp3) is 0.500. The molecule has 0 aromatic carbocycles. The van der Waals surface area contributed by atoms with Crippen molar-refractivity contribution in [3.8, 4) is 0 Å². The Labute approximate surface area is 98.7 Å². The summed E-state index contributed by atoms with van der Waals surface area (Å²) in [5, 5.41) is 13.7. The molecule has 1 N–H and O–H groups in total. The van der Waals surface area contributed by atoms with E-state index in [-0.39, 0.29) is 6.04 Å². The molecule has 86 valence electrons. The first kappa shape index (κ1) is 11.2. The van der Waals surface area contributed by atoms with Crippen LogP contribution in [0.5, 0.6) is 0 Å². The summed E-state index contributed by atoms with van der Waals surface area (Å²) in [5.74, 6) is 0. The number of nitrogens with one attached hydrogen (secondary N) is 1. The lowest BCUT2D eigenvalue weighted by Gasteiger charge is -2.16. The number of aromatic nitrogens is 4. The fourth-order valence-electron chi connectivity index (χ4n) is 1.61. The third kappa shape index (κ3) is 2.28. The van der Waals surface area contributed by atoms with Crippen molar-refractivity contribution in [3.63, 3.8) is 0 Å². The van der Waals surface area contributed by atoms with Gasteiger partial charge < -0.3 is 5.32 Å². The van der Waals surface area contributed by atoms with Gasteiger partial charge in [-0.25, -0.2) is 0 Å². The van der Waals surface area contributed by atoms with Crippen molar-refractivity contribution in [2.45, 2.75) is 19.4 Å². The van der Waals surface area contributed by atoms with Crippen molar-refractivity contribution < 1.29 is 0 Å². The Morgan fingerprint density at radius 3 is 3.00 bits per heavy atom. The van der Waals surface area contributed by atoms with Crippen LogP contribution in [-0.4, -0.2) is 25.9 Å². The summed E-state index contributed by atoms with van der Waals surface area (Å²) in [6, 6.07) is 2.10. The number of rotatable bonds is 5. The van der Waals surface area contributed by atoms with E-state index in [1.165, 1.54) is 11.5 Å². The molecule has 5 nitrogen and oxygen atoms in total. The largest absolute Gasteiger partial charge is 0.304 e. The molecule has 0 spiro atoms. The van der Waals surface area contributed by atoms with Gasteiger partial charge in [0.15, 0.2) is 0 Å². The van der Waals surface area contributed by atoms with Crippen molar-refractivity contribution in [1.29, 1.82) is 0 Å². The maximum Gasteiger partial charge on any atom is 0.0986 e. The van der Waals surface area contributed by atoms with Crippen LogP contribution < -0.4 is 5.32 Å². The van der Waals surface area contributed by atoms with Gasteiger partial charge in [0, 0.05) is 18.6 Å². The summed E-state index contributed by atoms with van der Waals surface area (Å²) in [7, 11) is 1.94. The van der Waals surface area contributed by atoms with Crippen LogP contribution >= 0.6 is 11.5 Å². The zero-order valence-electron chi connectivity index (χ0n) is 9.42. The minimum atomic E-state index is 0.0891. The molecule has 0 aliphatic rings. The van der Waals surface area contributed by atoms with Crippen LogP contribution in [0, 0.1) is 0 Å². The van der Waals surface area contributed by atoms with E-state index in [0.29, 0.717) is 0 Å². The summed E-state index contributed by atoms with van der Waals surface area (Å²) >= 11 is 1.37. The predicted molar refractivity (Wildman–Crippen MR) is 63.3 cm³/mol. The maximum absolute atomic E-state index is 4.19. The molecule has 0 saturated carbocycles. The Morgan fingerprint density at radius 2 is 2.44 bits per heavy atom. The van der Waals surface area contributed by atoms with Gasteiger partial charge in [-0.15, -0.1) is 5.10 Å². The maximum atomic E-state index is 4.19. The molecule has 0 aliphatic heterocycles. The van der Waals surface area contributed by atoms with Crippen LogP contribution in [0.25, 0.3) is 0 Å². The third-order valence-electron chi connectivity index (χ3n) is 2.43. The number of hydrogen-bond donors (Lipinski definition) is 1. The molecule has 1 atom stereocenters. The number of hydrogen-bond acceptors (Lipinski definition) is 5. The highest BCUT2D eigenvalue weighted by Crippen LogP contribution is 2.19. The second-order valence-electron chi connectivity index (χ2n) is 3.60. The second-order valence-corrected chi connectivity index (χ2v) is 4.21. The summed E-state index contributed by atoms with van der Waals surface area (Å²) in [6.07, 6.45) is 2.89. The van der Waals surface area contributed by atoms with Gasteiger partial charge in [-0.1, -0.05) is 11.4 Å². The lowest BCUT2D eigenvalue weighted by atomic mass is 10.1. The van der Waals surface area contributed by atoms with Gasteiger partial charge in [-0.2, -0.15) is 5.10 Å². The zero-order chi connectivity index (χ0) is 11.4. The summed E-state index contributed by atoms with van der Waals surface area (Å²) in [6.45, 7) is 3.10. The van der Waals surface area contributed by atoms with E-state index in [2.05, 4.69) is 26.9 Å². The molecule has 1 unspecified atom stereocenters. The molecule has 2 aromatic heterocycles. The second kappa shape index (κ2) is 5.18. The van der Waals surface area contributed by atoms with Gasteiger partial charge in [0.1, 0.15) is 0 Å². The highest BCUT2D eigenvalue weighted by molar-refractivity contribution is 7.03. The lowest BCUT2D eigenvalue weighted by molar-refractivity contribution is 0.543. The van der Waals surface area contributed by atoms with E-state index in [1.807, 2.05) is 23.2 Å². The molecule has 2 heterocycles. The SMILES string of the molecule is CCCNC(c1csnn1)c1ccnn1C. The van der Waals surface area contributed by atoms with Gasteiger partial charge >= 0.3 is 0 Å². The lowest BCUT2D eigenvalue weighted by Crippen LogP contribution is -2.25. The standard InChI is InChI=1S/C10H15N5S/c1-3-5-11-10(8-7-16-14-13-8)9-4-6-12-15(9)2/h4,6-7,10-11H,3,5H2,1-2H3. The van der Waals surface area contributed by atoms with Gasteiger partial charge in [0.25, 0.3) is 0 Å². The first-order chi connectivity index (χ1) is 7.83. The normalized spacial score (nSPS) is 12.9. The molecular weight excluding hydrogens is 222 g/mol. The molecule has 0 bridgehead atoms. The van der Waals surface area contributed by atoms with E-state index >= 15 is 0 Å². The number of aryl methyl sites for hydroxylation is 1. The molecule has 2 aromatic rings. The Hall–Kier alpha value is -1.27. The monoisotopic (exact) mass is 237 g/mol. The third-order valence-corrected chi connectivity index (χ3v) is 2.95. The molecule has 2 rings (SSSR count). The van der Waals surface area contributed by atoms with E-state index in [1.54, 1.807) is 6.20 Å². The van der Waals surface area contributed by atoms with Crippen molar-refractivity contribution in [2.75, 3.05) is 6.54 Å². The van der Waals surface area contributed by atoms with Crippen LogP contribution in [0.1, 0.15) is 30.8 Å². The molecule has 0 amide bonds. The molecule has 0 radical (unpaired) electrons. The van der Waals surface area contributed by atoms with E-state index < -0.39 is 0 Å². The minimum Gasteiger partial charge on any atom is -0.304 e. The zero-order valence-corrected chi connectivity index (χ0v) is 10.2. The Bertz CT molecular complexity index is 422. The van der Waals surface area contributed by atoms with E-state index in [0.717, 1.165) is 24.4 Å². The van der Waals surface area contributed by atoms with Gasteiger partial charge in [0.05, 0.1) is 17.4 Å². The van der Waals surface area contributed by atoms with Crippen LogP contribution in [0.2, 0.25) is 0 Å². The van der Waals surface area contributed by atoms with Gasteiger partial charge in [-0.05, 0) is 30.6 Å². The van der Waals surface area contributed by atoms with E-state index in [4.69, 9.17) is 0 Å². The molecule has 16 heavy (non-hydrogen) atoms. The quantitative estimate of drug-likeness (QED) is 0.853. The van der Waals surface area contributed by atoms with Crippen LogP contribution in [0.3, 0.4) is 0 Å².